The van der Waals surface area contributed by atoms with E-state index in [0.717, 1.165) is 15.8 Å². The number of ketones is 1. The van der Waals surface area contributed by atoms with Crippen LogP contribution in [0.15, 0.2) is 78.4 Å². The van der Waals surface area contributed by atoms with Crippen molar-refractivity contribution in [3.05, 3.63) is 100 Å². The van der Waals surface area contributed by atoms with Crippen molar-refractivity contribution in [2.75, 3.05) is 4.90 Å². The van der Waals surface area contributed by atoms with E-state index in [4.69, 9.17) is 11.6 Å². The molecule has 0 radical (unpaired) electrons. The molecule has 1 aliphatic rings. The van der Waals surface area contributed by atoms with Crippen LogP contribution in [0, 0.1) is 0 Å². The maximum Gasteiger partial charge on any atom is 0.301 e. The molecule has 1 aromatic heterocycles. The summed E-state index contributed by atoms with van der Waals surface area (Å²) in [6, 6.07) is 21.1. The average Bonchev–Trinajstić information content (AvgIpc) is 3.37. The average molecular weight is 503 g/mol. The number of hydrogen-bond donors (Lipinski definition) is 1. The molecule has 2 heterocycles. The Balaban J connectivity index is 1.71. The van der Waals surface area contributed by atoms with E-state index in [2.05, 4.69) is 25.8 Å². The third-order valence-corrected chi connectivity index (χ3v) is 7.43. The second kappa shape index (κ2) is 8.63. The van der Waals surface area contributed by atoms with E-state index in [1.165, 1.54) is 16.2 Å². The molecule has 1 saturated heterocycles. The summed E-state index contributed by atoms with van der Waals surface area (Å²) >= 11 is 7.35. The Bertz CT molecular complexity index is 1450. The van der Waals surface area contributed by atoms with Crippen molar-refractivity contribution in [2.45, 2.75) is 32.2 Å². The number of para-hydroxylation sites is 1. The highest BCUT2D eigenvalue weighted by atomic mass is 35.5. The van der Waals surface area contributed by atoms with Gasteiger partial charge in [0.15, 0.2) is 5.13 Å². The van der Waals surface area contributed by atoms with E-state index in [-0.39, 0.29) is 16.7 Å². The van der Waals surface area contributed by atoms with Crippen LogP contribution in [0.5, 0.6) is 0 Å². The lowest BCUT2D eigenvalue weighted by Gasteiger charge is -2.24. The molecule has 7 heteroatoms. The highest BCUT2D eigenvalue weighted by Gasteiger charge is 2.48. The van der Waals surface area contributed by atoms with Gasteiger partial charge in [0.05, 0.1) is 21.8 Å². The van der Waals surface area contributed by atoms with E-state index in [1.54, 1.807) is 24.3 Å². The minimum atomic E-state index is -0.819. The smallest absolute Gasteiger partial charge is 0.301 e. The number of rotatable bonds is 3. The molecule has 0 spiro atoms. The number of carbonyl (C=O) groups excluding carboxylic acids is 2. The second-order valence-electron chi connectivity index (χ2n) is 9.51. The Morgan fingerprint density at radius 3 is 2.26 bits per heavy atom. The third-order valence-electron chi connectivity index (χ3n) is 6.14. The molecule has 4 aromatic rings. The zero-order valence-electron chi connectivity index (χ0n) is 19.4. The van der Waals surface area contributed by atoms with Crippen LogP contribution in [0.4, 0.5) is 5.13 Å². The van der Waals surface area contributed by atoms with Crippen LogP contribution in [0.3, 0.4) is 0 Å². The molecule has 1 N–H and O–H groups in total. The van der Waals surface area contributed by atoms with Gasteiger partial charge in [-0.1, -0.05) is 80.1 Å². The number of benzene rings is 3. The Morgan fingerprint density at radius 2 is 1.63 bits per heavy atom. The molecule has 5 nitrogen and oxygen atoms in total. The van der Waals surface area contributed by atoms with Crippen LogP contribution >= 0.6 is 22.9 Å². The summed E-state index contributed by atoms with van der Waals surface area (Å²) in [5, 5.41) is 12.2. The highest BCUT2D eigenvalue weighted by molar-refractivity contribution is 7.22. The summed E-state index contributed by atoms with van der Waals surface area (Å²) in [4.78, 5) is 32.8. The van der Waals surface area contributed by atoms with Crippen LogP contribution in [0.1, 0.15) is 43.5 Å². The van der Waals surface area contributed by atoms with Gasteiger partial charge in [0.25, 0.3) is 5.78 Å². The van der Waals surface area contributed by atoms with Crippen molar-refractivity contribution in [2.24, 2.45) is 0 Å². The van der Waals surface area contributed by atoms with Crippen molar-refractivity contribution in [3.63, 3.8) is 0 Å². The lowest BCUT2D eigenvalue weighted by molar-refractivity contribution is -0.132. The van der Waals surface area contributed by atoms with Gasteiger partial charge >= 0.3 is 5.91 Å². The molecule has 1 atom stereocenters. The second-order valence-corrected chi connectivity index (χ2v) is 11.0. The first kappa shape index (κ1) is 23.3. The zero-order chi connectivity index (χ0) is 24.9. The third kappa shape index (κ3) is 4.13. The SMILES string of the molecule is CC(C)(C)c1ccc(C2C(=C(O)c3ccc(Cl)cc3)C(=O)C(=O)N2c2nc3ccccc3s2)cc1. The largest absolute Gasteiger partial charge is 0.507 e. The van der Waals surface area contributed by atoms with Crippen LogP contribution in [0.2, 0.25) is 5.02 Å². The Kier molecular flexibility index (Phi) is 5.74. The maximum atomic E-state index is 13.4. The summed E-state index contributed by atoms with van der Waals surface area (Å²) in [6.45, 7) is 6.36. The number of anilines is 1. The predicted molar refractivity (Wildman–Crippen MR) is 141 cm³/mol. The van der Waals surface area contributed by atoms with Gasteiger partial charge in [-0.15, -0.1) is 0 Å². The van der Waals surface area contributed by atoms with Crippen molar-refractivity contribution in [3.8, 4) is 0 Å². The first-order valence-electron chi connectivity index (χ1n) is 11.2. The molecule has 0 bridgehead atoms. The fraction of sp³-hybridized carbons (Fsp3) is 0.179. The van der Waals surface area contributed by atoms with Crippen LogP contribution in [-0.2, 0) is 15.0 Å². The molecular weight excluding hydrogens is 480 g/mol. The maximum absolute atomic E-state index is 13.4. The van der Waals surface area contributed by atoms with E-state index >= 15 is 0 Å². The summed E-state index contributed by atoms with van der Waals surface area (Å²) in [5.74, 6) is -1.71. The number of carbonyl (C=O) groups is 2. The van der Waals surface area contributed by atoms with E-state index in [1.807, 2.05) is 48.5 Å². The normalized spacial score (nSPS) is 17.9. The van der Waals surface area contributed by atoms with Gasteiger partial charge < -0.3 is 5.11 Å². The Morgan fingerprint density at radius 1 is 0.971 bits per heavy atom. The number of aliphatic hydroxyl groups is 1. The van der Waals surface area contributed by atoms with Gasteiger partial charge in [0, 0.05) is 10.6 Å². The number of hydrogen-bond acceptors (Lipinski definition) is 5. The van der Waals surface area contributed by atoms with Crippen molar-refractivity contribution in [1.29, 1.82) is 0 Å². The topological polar surface area (TPSA) is 70.5 Å². The Labute approximate surface area is 212 Å². The predicted octanol–water partition coefficient (Wildman–Crippen LogP) is 6.87. The highest BCUT2D eigenvalue weighted by Crippen LogP contribution is 2.44. The van der Waals surface area contributed by atoms with Crippen LogP contribution < -0.4 is 4.90 Å². The molecule has 1 aliphatic heterocycles. The minimum Gasteiger partial charge on any atom is -0.507 e. The number of thiazole rings is 1. The molecule has 1 amide bonds. The molecule has 1 fully saturated rings. The molecule has 35 heavy (non-hydrogen) atoms. The summed E-state index contributed by atoms with van der Waals surface area (Å²) in [5.41, 5.74) is 2.96. The standard InChI is InChI=1S/C28H23ClN2O3S/c1-28(2,3)18-12-8-16(9-13-18)23-22(24(32)17-10-14-19(29)15-11-17)25(33)26(34)31(23)27-30-20-6-4-5-7-21(20)35-27/h4-15,23,32H,1-3H3. The van der Waals surface area contributed by atoms with Gasteiger partial charge in [0.2, 0.25) is 0 Å². The molecule has 3 aromatic carbocycles. The summed E-state index contributed by atoms with van der Waals surface area (Å²) < 4.78 is 0.906. The minimum absolute atomic E-state index is 0.0279. The van der Waals surface area contributed by atoms with Crippen molar-refractivity contribution < 1.29 is 14.7 Å². The lowest BCUT2D eigenvalue weighted by Crippen LogP contribution is -2.29. The van der Waals surface area contributed by atoms with E-state index < -0.39 is 17.7 Å². The first-order valence-corrected chi connectivity index (χ1v) is 12.4. The van der Waals surface area contributed by atoms with Gasteiger partial charge in [-0.2, -0.15) is 0 Å². The van der Waals surface area contributed by atoms with Crippen LogP contribution in [0.25, 0.3) is 16.0 Å². The van der Waals surface area contributed by atoms with Gasteiger partial charge in [-0.25, -0.2) is 4.98 Å². The van der Waals surface area contributed by atoms with Crippen molar-refractivity contribution in [1.82, 2.24) is 4.98 Å². The van der Waals surface area contributed by atoms with Gasteiger partial charge in [-0.05, 0) is 52.9 Å². The molecular formula is C28H23ClN2O3S. The van der Waals surface area contributed by atoms with E-state index in [9.17, 15) is 14.7 Å². The number of Topliss-reactive ketones (excluding diaryl/α,β-unsaturated/α-hetero) is 1. The quantitative estimate of drug-likeness (QED) is 0.188. The number of aliphatic hydroxyl groups excluding tert-OH is 1. The van der Waals surface area contributed by atoms with Crippen LogP contribution in [-0.4, -0.2) is 21.8 Å². The fourth-order valence-electron chi connectivity index (χ4n) is 4.24. The molecule has 5 rings (SSSR count). The lowest BCUT2D eigenvalue weighted by atomic mass is 9.85. The number of fused-ring (bicyclic) bond motifs is 1. The van der Waals surface area contributed by atoms with Gasteiger partial charge in [-0.3, -0.25) is 14.5 Å². The molecule has 1 unspecified atom stereocenters. The number of aromatic nitrogens is 1. The monoisotopic (exact) mass is 502 g/mol. The summed E-state index contributed by atoms with van der Waals surface area (Å²) in [6.07, 6.45) is 0. The van der Waals surface area contributed by atoms with E-state index in [0.29, 0.717) is 21.3 Å². The first-order chi connectivity index (χ1) is 16.6. The molecule has 176 valence electrons. The number of amides is 1. The molecule has 0 aliphatic carbocycles. The number of halogens is 1. The van der Waals surface area contributed by atoms with Gasteiger partial charge in [0.1, 0.15) is 5.76 Å². The number of nitrogens with zero attached hydrogens (tertiary/aromatic N) is 2. The fourth-order valence-corrected chi connectivity index (χ4v) is 5.36. The zero-order valence-corrected chi connectivity index (χ0v) is 21.0. The Hall–Kier alpha value is -3.48. The molecule has 0 saturated carbocycles. The summed E-state index contributed by atoms with van der Waals surface area (Å²) in [7, 11) is 0. The van der Waals surface area contributed by atoms with Crippen molar-refractivity contribution >= 4 is 55.7 Å².